The lowest BCUT2D eigenvalue weighted by atomic mass is 9.81. The molecule has 3 N–H and O–H groups in total. The van der Waals surface area contributed by atoms with E-state index in [1.54, 1.807) is 17.0 Å². The topological polar surface area (TPSA) is 122 Å². The number of carbonyl (C=O) groups is 2. The van der Waals surface area contributed by atoms with Gasteiger partial charge in [0.25, 0.3) is 5.69 Å². The fraction of sp³-hybridized carbons (Fsp3) is 0.704. The molecule has 200 valence electrons. The van der Waals surface area contributed by atoms with Crippen molar-refractivity contribution in [3.8, 4) is 0 Å². The normalized spacial score (nSPS) is 24.7. The molecule has 0 radical (unpaired) electrons. The third-order valence-electron chi connectivity index (χ3n) is 7.72. The molecule has 3 unspecified atom stereocenters. The molecule has 9 nitrogen and oxygen atoms in total. The van der Waals surface area contributed by atoms with E-state index in [2.05, 4.69) is 24.1 Å². The average molecular weight is 502 g/mol. The van der Waals surface area contributed by atoms with Crippen LogP contribution >= 0.6 is 0 Å². The van der Waals surface area contributed by atoms with Crippen LogP contribution in [0.15, 0.2) is 24.3 Å². The Bertz CT molecular complexity index is 891. The molecule has 1 heterocycles. The summed E-state index contributed by atoms with van der Waals surface area (Å²) in [5, 5.41) is 14.2. The lowest BCUT2D eigenvalue weighted by Gasteiger charge is -2.43. The molecule has 2 amide bonds. The predicted molar refractivity (Wildman–Crippen MR) is 140 cm³/mol. The second-order valence-corrected chi connectivity index (χ2v) is 11.0. The second-order valence-electron chi connectivity index (χ2n) is 11.0. The van der Waals surface area contributed by atoms with Crippen molar-refractivity contribution in [2.75, 3.05) is 26.2 Å². The van der Waals surface area contributed by atoms with Gasteiger partial charge in [-0.2, -0.15) is 0 Å². The number of likely N-dealkylation sites (tertiary alicyclic amines) is 1. The van der Waals surface area contributed by atoms with Gasteiger partial charge in [0.05, 0.1) is 4.92 Å². The van der Waals surface area contributed by atoms with Gasteiger partial charge < -0.3 is 16.0 Å². The molecule has 1 aliphatic heterocycles. The Hall–Kier alpha value is -2.52. The molecule has 0 bridgehead atoms. The van der Waals surface area contributed by atoms with Crippen LogP contribution in [0.25, 0.3) is 0 Å². The third-order valence-corrected chi connectivity index (χ3v) is 7.72. The fourth-order valence-electron chi connectivity index (χ4n) is 5.84. The van der Waals surface area contributed by atoms with Gasteiger partial charge in [0.1, 0.15) is 6.04 Å². The molecule has 1 aromatic rings. The van der Waals surface area contributed by atoms with Crippen LogP contribution in [-0.2, 0) is 16.1 Å². The molecule has 2 aliphatic rings. The highest BCUT2D eigenvalue weighted by Crippen LogP contribution is 2.29. The SMILES string of the molecule is CC(=O)N1CCC(N(Cc2ccc([N+](=O)[O-])cc2)CC(C)C)C[C@@H]1C(=O)NCC1CCCC(CN)C1. The van der Waals surface area contributed by atoms with E-state index < -0.39 is 6.04 Å². The summed E-state index contributed by atoms with van der Waals surface area (Å²) in [6, 6.07) is 6.35. The predicted octanol–water partition coefficient (Wildman–Crippen LogP) is 3.31. The largest absolute Gasteiger partial charge is 0.354 e. The Labute approximate surface area is 214 Å². The molecule has 1 aliphatic carbocycles. The Balaban J connectivity index is 1.68. The van der Waals surface area contributed by atoms with Gasteiger partial charge in [-0.1, -0.05) is 32.4 Å². The first kappa shape index (κ1) is 28.1. The summed E-state index contributed by atoms with van der Waals surface area (Å²) in [6.45, 7) is 9.25. The van der Waals surface area contributed by atoms with E-state index >= 15 is 0 Å². The summed E-state index contributed by atoms with van der Waals surface area (Å²) in [4.78, 5) is 40.5. The maximum atomic E-state index is 13.3. The first-order valence-electron chi connectivity index (χ1n) is 13.4. The maximum absolute atomic E-state index is 13.3. The van der Waals surface area contributed by atoms with Gasteiger partial charge in [-0.15, -0.1) is 0 Å². The zero-order valence-corrected chi connectivity index (χ0v) is 22.0. The number of hydrogen-bond acceptors (Lipinski definition) is 6. The van der Waals surface area contributed by atoms with Crippen molar-refractivity contribution in [2.24, 2.45) is 23.5 Å². The van der Waals surface area contributed by atoms with Crippen LogP contribution in [-0.4, -0.2) is 64.8 Å². The Morgan fingerprint density at radius 2 is 1.86 bits per heavy atom. The van der Waals surface area contributed by atoms with Crippen LogP contribution in [0.3, 0.4) is 0 Å². The number of carbonyl (C=O) groups excluding carboxylic acids is 2. The summed E-state index contributed by atoms with van der Waals surface area (Å²) >= 11 is 0. The number of amides is 2. The number of nitro benzene ring substituents is 1. The molecule has 1 saturated carbocycles. The van der Waals surface area contributed by atoms with Gasteiger partial charge in [0.15, 0.2) is 0 Å². The smallest absolute Gasteiger partial charge is 0.269 e. The van der Waals surface area contributed by atoms with E-state index in [9.17, 15) is 19.7 Å². The van der Waals surface area contributed by atoms with Gasteiger partial charge >= 0.3 is 0 Å². The van der Waals surface area contributed by atoms with Crippen LogP contribution < -0.4 is 11.1 Å². The van der Waals surface area contributed by atoms with Gasteiger partial charge in [0, 0.05) is 51.3 Å². The molecule has 4 atom stereocenters. The highest BCUT2D eigenvalue weighted by Gasteiger charge is 2.37. The number of rotatable bonds is 10. The van der Waals surface area contributed by atoms with E-state index in [-0.39, 0.29) is 28.5 Å². The van der Waals surface area contributed by atoms with Crippen molar-refractivity contribution in [3.05, 3.63) is 39.9 Å². The Kier molecular flexibility index (Phi) is 10.2. The lowest BCUT2D eigenvalue weighted by Crippen LogP contribution is -2.57. The number of nitrogens with one attached hydrogen (secondary N) is 1. The Morgan fingerprint density at radius 3 is 2.47 bits per heavy atom. The average Bonchev–Trinajstić information content (AvgIpc) is 2.86. The highest BCUT2D eigenvalue weighted by atomic mass is 16.6. The fourth-order valence-corrected chi connectivity index (χ4v) is 5.84. The summed E-state index contributed by atoms with van der Waals surface area (Å²) in [5.74, 6) is 1.27. The van der Waals surface area contributed by atoms with E-state index in [4.69, 9.17) is 5.73 Å². The van der Waals surface area contributed by atoms with Gasteiger partial charge in [-0.3, -0.25) is 24.6 Å². The second kappa shape index (κ2) is 13.1. The molecule has 1 aromatic carbocycles. The number of nitrogens with zero attached hydrogens (tertiary/aromatic N) is 3. The summed E-state index contributed by atoms with van der Waals surface area (Å²) < 4.78 is 0. The van der Waals surface area contributed by atoms with Crippen molar-refractivity contribution < 1.29 is 14.5 Å². The van der Waals surface area contributed by atoms with Crippen LogP contribution in [0.4, 0.5) is 5.69 Å². The van der Waals surface area contributed by atoms with Gasteiger partial charge in [-0.05, 0) is 62.0 Å². The minimum Gasteiger partial charge on any atom is -0.354 e. The van der Waals surface area contributed by atoms with Gasteiger partial charge in [-0.25, -0.2) is 0 Å². The van der Waals surface area contributed by atoms with Crippen molar-refractivity contribution in [2.45, 2.75) is 77.9 Å². The molecule has 1 saturated heterocycles. The summed E-state index contributed by atoms with van der Waals surface area (Å²) in [6.07, 6.45) is 5.87. The monoisotopic (exact) mass is 501 g/mol. The molecule has 36 heavy (non-hydrogen) atoms. The van der Waals surface area contributed by atoms with E-state index in [1.807, 2.05) is 0 Å². The van der Waals surface area contributed by atoms with Crippen LogP contribution in [0.5, 0.6) is 0 Å². The number of nitro groups is 1. The molecule has 0 spiro atoms. The zero-order valence-electron chi connectivity index (χ0n) is 22.0. The standard InChI is InChI=1S/C27H43N5O4/c1-19(2)17-30(18-21-7-9-24(10-8-21)32(35)36)25-11-12-31(20(3)33)26(14-25)27(34)29-16-23-6-4-5-22(13-23)15-28/h7-10,19,22-23,25-26H,4-6,11-18,28H2,1-3H3,(H,29,34)/t22?,23?,25?,26-/m1/s1. The number of piperidine rings is 1. The van der Waals surface area contributed by atoms with E-state index in [1.165, 1.54) is 25.5 Å². The number of non-ortho nitro benzene ring substituents is 1. The number of benzene rings is 1. The van der Waals surface area contributed by atoms with Crippen LogP contribution in [0, 0.1) is 27.9 Å². The lowest BCUT2D eigenvalue weighted by molar-refractivity contribution is -0.384. The Morgan fingerprint density at radius 1 is 1.17 bits per heavy atom. The maximum Gasteiger partial charge on any atom is 0.269 e. The number of hydrogen-bond donors (Lipinski definition) is 2. The van der Waals surface area contributed by atoms with Crippen molar-refractivity contribution in [1.29, 1.82) is 0 Å². The van der Waals surface area contributed by atoms with Crippen molar-refractivity contribution in [3.63, 3.8) is 0 Å². The summed E-state index contributed by atoms with van der Waals surface area (Å²) in [7, 11) is 0. The number of nitrogens with two attached hydrogens (primary N) is 1. The zero-order chi connectivity index (χ0) is 26.2. The highest BCUT2D eigenvalue weighted by molar-refractivity contribution is 5.87. The van der Waals surface area contributed by atoms with Crippen LogP contribution in [0.2, 0.25) is 0 Å². The van der Waals surface area contributed by atoms with E-state index in [0.29, 0.717) is 50.4 Å². The quantitative estimate of drug-likeness (QED) is 0.375. The van der Waals surface area contributed by atoms with Crippen LogP contribution in [0.1, 0.15) is 64.9 Å². The minimum atomic E-state index is -0.485. The molecular weight excluding hydrogens is 458 g/mol. The van der Waals surface area contributed by atoms with Gasteiger partial charge in [0.2, 0.25) is 11.8 Å². The van der Waals surface area contributed by atoms with Crippen molar-refractivity contribution >= 4 is 17.5 Å². The summed E-state index contributed by atoms with van der Waals surface area (Å²) in [5.41, 5.74) is 6.96. The first-order chi connectivity index (χ1) is 17.2. The molecule has 2 fully saturated rings. The minimum absolute atomic E-state index is 0.0652. The molecule has 0 aromatic heterocycles. The molecule has 3 rings (SSSR count). The van der Waals surface area contributed by atoms with Crippen molar-refractivity contribution in [1.82, 2.24) is 15.1 Å². The third kappa shape index (κ3) is 7.74. The molecular formula is C27H43N5O4. The molecule has 9 heteroatoms. The first-order valence-corrected chi connectivity index (χ1v) is 13.4. The van der Waals surface area contributed by atoms with E-state index in [0.717, 1.165) is 37.8 Å².